The number of carbonyl (C=O) groups is 1. The zero-order chi connectivity index (χ0) is 18.8. The van der Waals surface area contributed by atoms with Gasteiger partial charge in [-0.2, -0.15) is 0 Å². The predicted octanol–water partition coefficient (Wildman–Crippen LogP) is 3.75. The number of non-ortho nitro benzene ring substituents is 1. The van der Waals surface area contributed by atoms with E-state index in [1.54, 1.807) is 18.2 Å². The van der Waals surface area contributed by atoms with E-state index >= 15 is 0 Å². The number of aromatic nitrogens is 2. The van der Waals surface area contributed by atoms with Crippen LogP contribution in [0.15, 0.2) is 68.0 Å². The fourth-order valence-corrected chi connectivity index (χ4v) is 2.29. The van der Waals surface area contributed by atoms with Crippen LogP contribution >= 0.6 is 0 Å². The molecule has 0 aliphatic rings. The van der Waals surface area contributed by atoms with Crippen molar-refractivity contribution in [2.24, 2.45) is 0 Å². The lowest BCUT2D eigenvalue weighted by Crippen LogP contribution is -2.11. The van der Waals surface area contributed by atoms with Crippen molar-refractivity contribution >= 4 is 17.6 Å². The van der Waals surface area contributed by atoms with E-state index in [0.717, 1.165) is 0 Å². The summed E-state index contributed by atoms with van der Waals surface area (Å²) in [4.78, 5) is 22.5. The highest BCUT2D eigenvalue weighted by molar-refractivity contribution is 6.01. The van der Waals surface area contributed by atoms with Gasteiger partial charge in [0.25, 0.3) is 17.5 Å². The van der Waals surface area contributed by atoms with Crippen LogP contribution in [0.4, 0.5) is 11.7 Å². The van der Waals surface area contributed by atoms with E-state index in [9.17, 15) is 14.9 Å². The highest BCUT2D eigenvalue weighted by Gasteiger charge is 2.17. The molecule has 10 nitrogen and oxygen atoms in total. The van der Waals surface area contributed by atoms with Crippen LogP contribution < -0.4 is 5.32 Å². The summed E-state index contributed by atoms with van der Waals surface area (Å²) in [6, 6.07) is 12.0. The molecule has 134 valence electrons. The van der Waals surface area contributed by atoms with E-state index in [2.05, 4.69) is 15.5 Å². The first-order valence-electron chi connectivity index (χ1n) is 7.63. The summed E-state index contributed by atoms with van der Waals surface area (Å²) in [5.41, 5.74) is 0.560. The Morgan fingerprint density at radius 1 is 1.00 bits per heavy atom. The van der Waals surface area contributed by atoms with Crippen molar-refractivity contribution in [3.63, 3.8) is 0 Å². The second-order valence-electron chi connectivity index (χ2n) is 5.31. The zero-order valence-corrected chi connectivity index (χ0v) is 13.5. The Morgan fingerprint density at radius 2 is 1.81 bits per heavy atom. The molecule has 1 aromatic carbocycles. The summed E-state index contributed by atoms with van der Waals surface area (Å²) in [6.45, 7) is 0. The van der Waals surface area contributed by atoms with Crippen molar-refractivity contribution in [1.82, 2.24) is 10.2 Å². The number of rotatable bonds is 5. The number of nitro groups is 1. The van der Waals surface area contributed by atoms with Gasteiger partial charge in [-0.3, -0.25) is 20.2 Å². The van der Waals surface area contributed by atoms with Crippen LogP contribution in [0, 0.1) is 10.1 Å². The minimum absolute atomic E-state index is 0.0149. The average molecular weight is 366 g/mol. The van der Waals surface area contributed by atoms with Crippen molar-refractivity contribution in [2.45, 2.75) is 0 Å². The molecule has 0 aliphatic heterocycles. The Hall–Kier alpha value is -4.21. The van der Waals surface area contributed by atoms with Crippen molar-refractivity contribution in [3.8, 4) is 23.0 Å². The highest BCUT2D eigenvalue weighted by atomic mass is 16.6. The number of amides is 1. The lowest BCUT2D eigenvalue weighted by Gasteiger charge is -1.98. The van der Waals surface area contributed by atoms with Crippen LogP contribution in [0.2, 0.25) is 0 Å². The monoisotopic (exact) mass is 366 g/mol. The van der Waals surface area contributed by atoms with Crippen molar-refractivity contribution in [1.29, 1.82) is 0 Å². The predicted molar refractivity (Wildman–Crippen MR) is 90.8 cm³/mol. The van der Waals surface area contributed by atoms with Gasteiger partial charge in [-0.15, -0.1) is 5.10 Å². The third-order valence-electron chi connectivity index (χ3n) is 3.57. The first kappa shape index (κ1) is 16.3. The molecule has 10 heteroatoms. The lowest BCUT2D eigenvalue weighted by molar-refractivity contribution is -0.384. The van der Waals surface area contributed by atoms with Crippen LogP contribution in [0.3, 0.4) is 0 Å². The molecule has 0 bridgehead atoms. The van der Waals surface area contributed by atoms with Gasteiger partial charge in [-0.05, 0) is 36.4 Å². The number of nitrogens with one attached hydrogen (secondary N) is 1. The molecule has 0 fully saturated rings. The van der Waals surface area contributed by atoms with Crippen molar-refractivity contribution < 1.29 is 23.0 Å². The fourth-order valence-electron chi connectivity index (χ4n) is 2.29. The molecule has 0 saturated heterocycles. The number of anilines is 1. The number of hydrogen-bond donors (Lipinski definition) is 1. The summed E-state index contributed by atoms with van der Waals surface area (Å²) in [5, 5.41) is 20.6. The first-order valence-corrected chi connectivity index (χ1v) is 7.63. The van der Waals surface area contributed by atoms with Gasteiger partial charge in [-0.1, -0.05) is 5.10 Å². The number of furan rings is 2. The zero-order valence-electron chi connectivity index (χ0n) is 13.5. The Kier molecular flexibility index (Phi) is 3.97. The van der Waals surface area contributed by atoms with Gasteiger partial charge in [0.1, 0.15) is 5.76 Å². The Balaban J connectivity index is 1.48. The lowest BCUT2D eigenvalue weighted by atomic mass is 10.1. The minimum Gasteiger partial charge on any atom is -0.459 e. The molecule has 0 aliphatic carbocycles. The molecule has 0 saturated carbocycles. The normalized spacial score (nSPS) is 10.7. The molecule has 3 heterocycles. The molecular weight excluding hydrogens is 356 g/mol. The largest absolute Gasteiger partial charge is 0.459 e. The van der Waals surface area contributed by atoms with Gasteiger partial charge >= 0.3 is 6.01 Å². The smallest absolute Gasteiger partial charge is 0.323 e. The van der Waals surface area contributed by atoms with Gasteiger partial charge < -0.3 is 13.3 Å². The summed E-state index contributed by atoms with van der Waals surface area (Å²) in [5.74, 6) is 0.318. The third kappa shape index (κ3) is 3.31. The molecule has 0 spiro atoms. The molecule has 0 unspecified atom stereocenters. The van der Waals surface area contributed by atoms with Crippen molar-refractivity contribution in [3.05, 3.63) is 70.7 Å². The summed E-state index contributed by atoms with van der Waals surface area (Å²) in [6.07, 6.45) is 1.46. The fraction of sp³-hybridized carbons (Fsp3) is 0. The quantitative estimate of drug-likeness (QED) is 0.416. The van der Waals surface area contributed by atoms with E-state index in [-0.39, 0.29) is 23.4 Å². The third-order valence-corrected chi connectivity index (χ3v) is 3.57. The van der Waals surface area contributed by atoms with Gasteiger partial charge in [0, 0.05) is 17.7 Å². The van der Waals surface area contributed by atoms with Gasteiger partial charge in [-0.25, -0.2) is 0 Å². The van der Waals surface area contributed by atoms with E-state index in [1.807, 2.05) is 0 Å². The molecule has 1 amide bonds. The van der Waals surface area contributed by atoms with Crippen LogP contribution in [0.1, 0.15) is 10.6 Å². The van der Waals surface area contributed by atoms with E-state index in [1.165, 1.54) is 36.6 Å². The van der Waals surface area contributed by atoms with Gasteiger partial charge in [0.2, 0.25) is 0 Å². The molecule has 27 heavy (non-hydrogen) atoms. The minimum atomic E-state index is -0.585. The molecule has 4 aromatic rings. The SMILES string of the molecule is O=C(Nc1nnc(-c2ccco2)o1)c1ccc(-c2ccc([N+](=O)[O-])cc2)o1. The molecule has 4 rings (SSSR count). The Bertz CT molecular complexity index is 1090. The molecule has 1 N–H and O–H groups in total. The van der Waals surface area contributed by atoms with Crippen LogP contribution in [0.5, 0.6) is 0 Å². The second kappa shape index (κ2) is 6.59. The van der Waals surface area contributed by atoms with E-state index < -0.39 is 10.8 Å². The molecular formula is C17H10N4O6. The standard InChI is InChI=1S/C17H10N4O6/c22-15(18-17-20-19-16(27-17)14-2-1-9-25-14)13-8-7-12(26-13)10-3-5-11(6-4-10)21(23)24/h1-9H,(H,18,20,22). The maximum Gasteiger partial charge on any atom is 0.323 e. The second-order valence-corrected chi connectivity index (χ2v) is 5.31. The molecule has 0 atom stereocenters. The summed E-state index contributed by atoms with van der Waals surface area (Å²) in [7, 11) is 0. The van der Waals surface area contributed by atoms with Crippen molar-refractivity contribution in [2.75, 3.05) is 5.32 Å². The van der Waals surface area contributed by atoms with Crippen LogP contribution in [-0.2, 0) is 0 Å². The highest BCUT2D eigenvalue weighted by Crippen LogP contribution is 2.25. The Labute approximate surface area is 150 Å². The summed E-state index contributed by atoms with van der Waals surface area (Å²) >= 11 is 0. The average Bonchev–Trinajstić information content (AvgIpc) is 3.42. The summed E-state index contributed by atoms with van der Waals surface area (Å²) < 4.78 is 15.9. The number of nitrogens with zero attached hydrogens (tertiary/aromatic N) is 3. The maximum absolute atomic E-state index is 12.3. The maximum atomic E-state index is 12.3. The molecule has 3 aromatic heterocycles. The van der Waals surface area contributed by atoms with E-state index in [4.69, 9.17) is 13.3 Å². The first-order chi connectivity index (χ1) is 13.1. The topological polar surface area (TPSA) is 137 Å². The number of benzene rings is 1. The number of hydrogen-bond acceptors (Lipinski definition) is 8. The molecule has 0 radical (unpaired) electrons. The van der Waals surface area contributed by atoms with Gasteiger partial charge in [0.15, 0.2) is 11.5 Å². The Morgan fingerprint density at radius 3 is 2.52 bits per heavy atom. The number of carbonyl (C=O) groups excluding carboxylic acids is 1. The van der Waals surface area contributed by atoms with Crippen LogP contribution in [0.25, 0.3) is 23.0 Å². The van der Waals surface area contributed by atoms with E-state index in [0.29, 0.717) is 17.1 Å². The number of nitro benzene ring substituents is 1. The van der Waals surface area contributed by atoms with Crippen LogP contribution in [-0.4, -0.2) is 21.0 Å². The van der Waals surface area contributed by atoms with Gasteiger partial charge in [0.05, 0.1) is 11.2 Å².